The van der Waals surface area contributed by atoms with Crippen LogP contribution in [0.15, 0.2) is 48.7 Å². The predicted molar refractivity (Wildman–Crippen MR) is 83.1 cm³/mol. The van der Waals surface area contributed by atoms with Crippen molar-refractivity contribution in [3.8, 4) is 0 Å². The van der Waals surface area contributed by atoms with E-state index in [1.807, 2.05) is 37.3 Å². The summed E-state index contributed by atoms with van der Waals surface area (Å²) in [5, 5.41) is 3.74. The van der Waals surface area contributed by atoms with Gasteiger partial charge < -0.3 is 11.1 Å². The van der Waals surface area contributed by atoms with Crippen LogP contribution in [0.4, 0.5) is 11.4 Å². The highest BCUT2D eigenvalue weighted by Crippen LogP contribution is 2.23. The van der Waals surface area contributed by atoms with E-state index < -0.39 is 0 Å². The number of nitrogens with two attached hydrogens (primary N) is 1. The topological polar surface area (TPSA) is 80.9 Å². The van der Waals surface area contributed by atoms with Crippen LogP contribution < -0.4 is 11.1 Å². The standard InChI is InChI=1S/C16H14N4O/c1-10-9-14(11-5-2-3-7-13(11)19-10)20-16(21)15-12(17)6-4-8-18-15/h2-9H,17H2,1H3,(H,19,20,21). The summed E-state index contributed by atoms with van der Waals surface area (Å²) in [4.78, 5) is 20.8. The summed E-state index contributed by atoms with van der Waals surface area (Å²) in [6.07, 6.45) is 1.54. The number of carbonyl (C=O) groups excluding carboxylic acids is 1. The van der Waals surface area contributed by atoms with Crippen molar-refractivity contribution in [1.82, 2.24) is 9.97 Å². The molecule has 0 radical (unpaired) electrons. The molecule has 0 spiro atoms. The number of hydrogen-bond donors (Lipinski definition) is 2. The minimum absolute atomic E-state index is 0.219. The van der Waals surface area contributed by atoms with Crippen LogP contribution in [0.5, 0.6) is 0 Å². The third-order valence-electron chi connectivity index (χ3n) is 3.15. The van der Waals surface area contributed by atoms with Gasteiger partial charge in [0.1, 0.15) is 0 Å². The van der Waals surface area contributed by atoms with Crippen molar-refractivity contribution in [2.24, 2.45) is 0 Å². The van der Waals surface area contributed by atoms with Crippen LogP contribution in [0, 0.1) is 6.92 Å². The van der Waals surface area contributed by atoms with Gasteiger partial charge in [-0.05, 0) is 31.2 Å². The minimum Gasteiger partial charge on any atom is -0.397 e. The Bertz CT molecular complexity index is 829. The maximum absolute atomic E-state index is 12.3. The molecule has 0 unspecified atom stereocenters. The predicted octanol–water partition coefficient (Wildman–Crippen LogP) is 2.77. The summed E-state index contributed by atoms with van der Waals surface area (Å²) in [7, 11) is 0. The van der Waals surface area contributed by atoms with E-state index in [4.69, 9.17) is 5.73 Å². The largest absolute Gasteiger partial charge is 0.397 e. The molecule has 3 aromatic rings. The van der Waals surface area contributed by atoms with Crippen molar-refractivity contribution in [3.05, 3.63) is 60.0 Å². The minimum atomic E-state index is -0.330. The van der Waals surface area contributed by atoms with E-state index in [2.05, 4.69) is 15.3 Å². The highest BCUT2D eigenvalue weighted by atomic mass is 16.1. The van der Waals surface area contributed by atoms with Crippen LogP contribution in [-0.4, -0.2) is 15.9 Å². The lowest BCUT2D eigenvalue weighted by molar-refractivity contribution is 0.102. The fourth-order valence-electron chi connectivity index (χ4n) is 2.20. The molecule has 0 bridgehead atoms. The molecule has 3 rings (SSSR count). The number of benzene rings is 1. The van der Waals surface area contributed by atoms with Crippen molar-refractivity contribution < 1.29 is 4.79 Å². The van der Waals surface area contributed by atoms with E-state index in [0.29, 0.717) is 11.4 Å². The molecule has 0 aliphatic heterocycles. The lowest BCUT2D eigenvalue weighted by Crippen LogP contribution is -2.16. The third kappa shape index (κ3) is 2.53. The second-order valence-electron chi connectivity index (χ2n) is 4.72. The number of carbonyl (C=O) groups is 1. The second-order valence-corrected chi connectivity index (χ2v) is 4.72. The maximum Gasteiger partial charge on any atom is 0.276 e. The van der Waals surface area contributed by atoms with Gasteiger partial charge in [0, 0.05) is 17.3 Å². The summed E-state index contributed by atoms with van der Waals surface area (Å²) in [5.74, 6) is -0.330. The average molecular weight is 278 g/mol. The van der Waals surface area contributed by atoms with Gasteiger partial charge in [-0.15, -0.1) is 0 Å². The van der Waals surface area contributed by atoms with E-state index in [0.717, 1.165) is 16.6 Å². The molecule has 2 heterocycles. The Morgan fingerprint density at radius 3 is 2.81 bits per heavy atom. The zero-order valence-electron chi connectivity index (χ0n) is 11.5. The molecule has 0 fully saturated rings. The van der Waals surface area contributed by atoms with Crippen molar-refractivity contribution in [1.29, 1.82) is 0 Å². The number of hydrogen-bond acceptors (Lipinski definition) is 4. The molecule has 0 aliphatic rings. The first-order valence-corrected chi connectivity index (χ1v) is 6.53. The third-order valence-corrected chi connectivity index (χ3v) is 3.15. The Labute approximate surface area is 121 Å². The summed E-state index contributed by atoms with van der Waals surface area (Å²) >= 11 is 0. The molecule has 0 aliphatic carbocycles. The first kappa shape index (κ1) is 13.1. The molecular formula is C16H14N4O. The van der Waals surface area contributed by atoms with Crippen molar-refractivity contribution in [3.63, 3.8) is 0 Å². The number of aromatic nitrogens is 2. The molecule has 3 N–H and O–H groups in total. The molecule has 21 heavy (non-hydrogen) atoms. The zero-order valence-corrected chi connectivity index (χ0v) is 11.5. The maximum atomic E-state index is 12.3. The average Bonchev–Trinajstić information content (AvgIpc) is 2.47. The van der Waals surface area contributed by atoms with Gasteiger partial charge in [-0.25, -0.2) is 4.98 Å². The summed E-state index contributed by atoms with van der Waals surface area (Å²) in [5.41, 5.74) is 8.72. The molecule has 0 saturated carbocycles. The number of amides is 1. The van der Waals surface area contributed by atoms with Gasteiger partial charge in [-0.1, -0.05) is 18.2 Å². The van der Waals surface area contributed by atoms with Gasteiger partial charge >= 0.3 is 0 Å². The Hall–Kier alpha value is -2.95. The Morgan fingerprint density at radius 2 is 2.00 bits per heavy atom. The van der Waals surface area contributed by atoms with E-state index in [1.54, 1.807) is 18.3 Å². The van der Waals surface area contributed by atoms with E-state index >= 15 is 0 Å². The summed E-state index contributed by atoms with van der Waals surface area (Å²) in [6.45, 7) is 1.89. The molecule has 104 valence electrons. The molecule has 5 heteroatoms. The Morgan fingerprint density at radius 1 is 1.19 bits per heavy atom. The highest BCUT2D eigenvalue weighted by Gasteiger charge is 2.13. The van der Waals surface area contributed by atoms with Crippen LogP contribution in [0.1, 0.15) is 16.2 Å². The van der Waals surface area contributed by atoms with Gasteiger partial charge in [-0.2, -0.15) is 0 Å². The van der Waals surface area contributed by atoms with E-state index in [9.17, 15) is 4.79 Å². The van der Waals surface area contributed by atoms with Gasteiger partial charge in [0.15, 0.2) is 5.69 Å². The van der Waals surface area contributed by atoms with Crippen molar-refractivity contribution in [2.45, 2.75) is 6.92 Å². The van der Waals surface area contributed by atoms with Crippen LogP contribution in [0.3, 0.4) is 0 Å². The molecule has 1 amide bonds. The summed E-state index contributed by atoms with van der Waals surface area (Å²) in [6, 6.07) is 12.8. The SMILES string of the molecule is Cc1cc(NC(=O)c2ncccc2N)c2ccccc2n1. The molecule has 1 aromatic carbocycles. The number of nitrogens with one attached hydrogen (secondary N) is 1. The second kappa shape index (κ2) is 5.20. The summed E-state index contributed by atoms with van der Waals surface area (Å²) < 4.78 is 0. The smallest absolute Gasteiger partial charge is 0.276 e. The van der Waals surface area contributed by atoms with Gasteiger partial charge in [-0.3, -0.25) is 9.78 Å². The number of nitrogens with zero attached hydrogens (tertiary/aromatic N) is 2. The lowest BCUT2D eigenvalue weighted by atomic mass is 10.1. The van der Waals surface area contributed by atoms with Crippen molar-refractivity contribution >= 4 is 28.2 Å². The lowest BCUT2D eigenvalue weighted by Gasteiger charge is -2.10. The molecule has 0 atom stereocenters. The van der Waals surface area contributed by atoms with Crippen molar-refractivity contribution in [2.75, 3.05) is 11.1 Å². The fraction of sp³-hybridized carbons (Fsp3) is 0.0625. The number of anilines is 2. The number of nitrogen functional groups attached to an aromatic ring is 1. The van der Waals surface area contributed by atoms with E-state index in [1.165, 1.54) is 0 Å². The molecule has 2 aromatic heterocycles. The highest BCUT2D eigenvalue weighted by molar-refractivity contribution is 6.09. The first-order valence-electron chi connectivity index (χ1n) is 6.53. The molecule has 0 saturated heterocycles. The van der Waals surface area contributed by atoms with Gasteiger partial charge in [0.2, 0.25) is 0 Å². The van der Waals surface area contributed by atoms with Crippen LogP contribution in [0.2, 0.25) is 0 Å². The number of rotatable bonds is 2. The molecular weight excluding hydrogens is 264 g/mol. The number of aryl methyl sites for hydroxylation is 1. The van der Waals surface area contributed by atoms with Crippen LogP contribution in [-0.2, 0) is 0 Å². The zero-order chi connectivity index (χ0) is 14.8. The first-order chi connectivity index (χ1) is 10.1. The number of fused-ring (bicyclic) bond motifs is 1. The normalized spacial score (nSPS) is 10.5. The Balaban J connectivity index is 2.02. The van der Waals surface area contributed by atoms with Crippen LogP contribution >= 0.6 is 0 Å². The van der Waals surface area contributed by atoms with E-state index in [-0.39, 0.29) is 11.6 Å². The van der Waals surface area contributed by atoms with Gasteiger partial charge in [0.25, 0.3) is 5.91 Å². The number of para-hydroxylation sites is 1. The Kier molecular flexibility index (Phi) is 3.23. The molecule has 5 nitrogen and oxygen atoms in total. The van der Waals surface area contributed by atoms with Gasteiger partial charge in [0.05, 0.1) is 16.9 Å². The number of pyridine rings is 2. The quantitative estimate of drug-likeness (QED) is 0.755. The fourth-order valence-corrected chi connectivity index (χ4v) is 2.20. The monoisotopic (exact) mass is 278 g/mol. The van der Waals surface area contributed by atoms with Crippen LogP contribution in [0.25, 0.3) is 10.9 Å².